The van der Waals surface area contributed by atoms with E-state index in [0.29, 0.717) is 18.2 Å². The zero-order chi connectivity index (χ0) is 15.4. The lowest BCUT2D eigenvalue weighted by molar-refractivity contribution is 0.407. The van der Waals surface area contributed by atoms with Crippen molar-refractivity contribution in [1.82, 2.24) is 10.3 Å². The predicted molar refractivity (Wildman–Crippen MR) is 90.3 cm³/mol. The predicted octanol–water partition coefficient (Wildman–Crippen LogP) is 4.19. The van der Waals surface area contributed by atoms with Gasteiger partial charge in [0.25, 0.3) is 0 Å². The van der Waals surface area contributed by atoms with Crippen LogP contribution in [-0.4, -0.2) is 12.1 Å². The van der Waals surface area contributed by atoms with E-state index in [1.807, 2.05) is 48.5 Å². The molecule has 0 radical (unpaired) electrons. The Kier molecular flexibility index (Phi) is 4.56. The highest BCUT2D eigenvalue weighted by molar-refractivity contribution is 6.30. The van der Waals surface area contributed by atoms with Crippen molar-refractivity contribution in [1.29, 1.82) is 0 Å². The van der Waals surface area contributed by atoms with Crippen molar-refractivity contribution in [3.8, 4) is 5.75 Å². The summed E-state index contributed by atoms with van der Waals surface area (Å²) in [4.78, 5) is 4.44. The molecule has 0 unspecified atom stereocenters. The van der Waals surface area contributed by atoms with E-state index in [9.17, 15) is 0 Å². The Balaban J connectivity index is 1.72. The number of ether oxygens (including phenoxy) is 1. The Bertz CT molecular complexity index is 789. The molecular formula is C18H17ClN2O. The normalized spacial score (nSPS) is 10.8. The third-order valence-electron chi connectivity index (χ3n) is 3.57. The summed E-state index contributed by atoms with van der Waals surface area (Å²) < 4.78 is 5.35. The van der Waals surface area contributed by atoms with Crippen LogP contribution in [0.4, 0.5) is 0 Å². The molecule has 0 spiro atoms. The highest BCUT2D eigenvalue weighted by Gasteiger charge is 2.06. The lowest BCUT2D eigenvalue weighted by atomic mass is 10.1. The molecule has 3 aromatic rings. The second kappa shape index (κ2) is 6.77. The SMILES string of the molecule is COc1ccccc1CNCc1cc2ccccc2nc1Cl. The van der Waals surface area contributed by atoms with Gasteiger partial charge in [-0.1, -0.05) is 48.0 Å². The number of fused-ring (bicyclic) bond motifs is 1. The summed E-state index contributed by atoms with van der Waals surface area (Å²) in [5.74, 6) is 0.887. The first-order valence-corrected chi connectivity index (χ1v) is 7.52. The average molecular weight is 313 g/mol. The number of aromatic nitrogens is 1. The maximum Gasteiger partial charge on any atom is 0.134 e. The van der Waals surface area contributed by atoms with Gasteiger partial charge in [-0.2, -0.15) is 0 Å². The van der Waals surface area contributed by atoms with E-state index in [1.165, 1.54) is 0 Å². The summed E-state index contributed by atoms with van der Waals surface area (Å²) in [5, 5.41) is 5.04. The van der Waals surface area contributed by atoms with Gasteiger partial charge in [0.05, 0.1) is 12.6 Å². The number of hydrogen-bond acceptors (Lipinski definition) is 3. The first kappa shape index (κ1) is 14.8. The van der Waals surface area contributed by atoms with Crippen LogP contribution in [0.2, 0.25) is 5.15 Å². The molecule has 3 nitrogen and oxygen atoms in total. The Morgan fingerprint density at radius 2 is 1.73 bits per heavy atom. The van der Waals surface area contributed by atoms with E-state index in [-0.39, 0.29) is 0 Å². The smallest absolute Gasteiger partial charge is 0.134 e. The molecule has 3 rings (SSSR count). The molecule has 0 amide bonds. The number of benzene rings is 2. The Hall–Kier alpha value is -2.10. The first-order chi connectivity index (χ1) is 10.8. The third kappa shape index (κ3) is 3.21. The van der Waals surface area contributed by atoms with Crippen molar-refractivity contribution >= 4 is 22.5 Å². The number of nitrogens with one attached hydrogen (secondary N) is 1. The summed E-state index contributed by atoms with van der Waals surface area (Å²) in [7, 11) is 1.68. The van der Waals surface area contributed by atoms with Gasteiger partial charge in [0.1, 0.15) is 10.9 Å². The number of pyridine rings is 1. The third-order valence-corrected chi connectivity index (χ3v) is 3.90. The van der Waals surface area contributed by atoms with Crippen LogP contribution in [-0.2, 0) is 13.1 Å². The zero-order valence-corrected chi connectivity index (χ0v) is 13.1. The number of rotatable bonds is 5. The number of methoxy groups -OCH3 is 1. The van der Waals surface area contributed by atoms with Gasteiger partial charge < -0.3 is 10.1 Å². The van der Waals surface area contributed by atoms with E-state index in [0.717, 1.165) is 27.8 Å². The summed E-state index contributed by atoms with van der Waals surface area (Å²) in [6.07, 6.45) is 0. The first-order valence-electron chi connectivity index (χ1n) is 7.14. The van der Waals surface area contributed by atoms with Crippen molar-refractivity contribution in [2.75, 3.05) is 7.11 Å². The minimum atomic E-state index is 0.547. The van der Waals surface area contributed by atoms with Crippen molar-refractivity contribution in [3.05, 3.63) is 70.9 Å². The van der Waals surface area contributed by atoms with Crippen LogP contribution < -0.4 is 10.1 Å². The second-order valence-corrected chi connectivity index (χ2v) is 5.40. The Morgan fingerprint density at radius 1 is 1.00 bits per heavy atom. The molecule has 1 N–H and O–H groups in total. The fourth-order valence-corrected chi connectivity index (χ4v) is 2.65. The summed E-state index contributed by atoms with van der Waals surface area (Å²) in [5.41, 5.74) is 3.03. The van der Waals surface area contributed by atoms with Gasteiger partial charge in [-0.25, -0.2) is 4.98 Å². The van der Waals surface area contributed by atoms with Crippen LogP contribution in [0, 0.1) is 0 Å². The van der Waals surface area contributed by atoms with Crippen LogP contribution in [0.3, 0.4) is 0 Å². The fraction of sp³-hybridized carbons (Fsp3) is 0.167. The molecule has 112 valence electrons. The van der Waals surface area contributed by atoms with E-state index in [1.54, 1.807) is 7.11 Å². The van der Waals surface area contributed by atoms with E-state index in [2.05, 4.69) is 16.4 Å². The molecule has 0 aliphatic rings. The lowest BCUT2D eigenvalue weighted by Crippen LogP contribution is -2.14. The zero-order valence-electron chi connectivity index (χ0n) is 12.3. The maximum atomic E-state index is 6.27. The van der Waals surface area contributed by atoms with E-state index >= 15 is 0 Å². The van der Waals surface area contributed by atoms with Crippen LogP contribution in [0.15, 0.2) is 54.6 Å². The molecule has 0 aliphatic carbocycles. The highest BCUT2D eigenvalue weighted by Crippen LogP contribution is 2.21. The molecule has 0 saturated carbocycles. The highest BCUT2D eigenvalue weighted by atomic mass is 35.5. The minimum Gasteiger partial charge on any atom is -0.496 e. The molecule has 22 heavy (non-hydrogen) atoms. The molecule has 0 atom stereocenters. The summed E-state index contributed by atoms with van der Waals surface area (Å²) in [6.45, 7) is 1.38. The molecule has 1 heterocycles. The van der Waals surface area contributed by atoms with Gasteiger partial charge in [0.15, 0.2) is 0 Å². The number of hydrogen-bond donors (Lipinski definition) is 1. The molecule has 0 bridgehead atoms. The van der Waals surface area contributed by atoms with Crippen LogP contribution in [0.5, 0.6) is 5.75 Å². The van der Waals surface area contributed by atoms with Crippen LogP contribution >= 0.6 is 11.6 Å². The van der Waals surface area contributed by atoms with Gasteiger partial charge in [-0.15, -0.1) is 0 Å². The Labute approximate surface area is 134 Å². The standard InChI is InChI=1S/C18H17ClN2O/c1-22-17-9-5-3-7-14(17)11-20-12-15-10-13-6-2-4-8-16(13)21-18(15)19/h2-10,20H,11-12H2,1H3. The van der Waals surface area contributed by atoms with Crippen LogP contribution in [0.1, 0.15) is 11.1 Å². The molecule has 4 heteroatoms. The monoisotopic (exact) mass is 312 g/mol. The Morgan fingerprint density at radius 3 is 2.59 bits per heavy atom. The van der Waals surface area contributed by atoms with Crippen molar-refractivity contribution in [2.24, 2.45) is 0 Å². The number of halogens is 1. The fourth-order valence-electron chi connectivity index (χ4n) is 2.44. The summed E-state index contributed by atoms with van der Waals surface area (Å²) >= 11 is 6.27. The second-order valence-electron chi connectivity index (χ2n) is 5.05. The molecule has 1 aromatic heterocycles. The van der Waals surface area contributed by atoms with Gasteiger partial charge in [0.2, 0.25) is 0 Å². The average Bonchev–Trinajstić information content (AvgIpc) is 2.55. The number of nitrogens with zero attached hydrogens (tertiary/aromatic N) is 1. The lowest BCUT2D eigenvalue weighted by Gasteiger charge is -2.10. The van der Waals surface area contributed by atoms with Crippen molar-refractivity contribution in [2.45, 2.75) is 13.1 Å². The quantitative estimate of drug-likeness (QED) is 0.717. The topological polar surface area (TPSA) is 34.1 Å². The van der Waals surface area contributed by atoms with Gasteiger partial charge >= 0.3 is 0 Å². The molecule has 0 saturated heterocycles. The molecule has 0 fully saturated rings. The van der Waals surface area contributed by atoms with Gasteiger partial charge in [0, 0.05) is 29.6 Å². The van der Waals surface area contributed by atoms with E-state index < -0.39 is 0 Å². The van der Waals surface area contributed by atoms with E-state index in [4.69, 9.17) is 16.3 Å². The van der Waals surface area contributed by atoms with Crippen molar-refractivity contribution in [3.63, 3.8) is 0 Å². The summed E-state index contributed by atoms with van der Waals surface area (Å²) in [6, 6.07) is 18.0. The number of para-hydroxylation sites is 2. The maximum absolute atomic E-state index is 6.27. The largest absolute Gasteiger partial charge is 0.496 e. The van der Waals surface area contributed by atoms with Crippen LogP contribution in [0.25, 0.3) is 10.9 Å². The molecular weight excluding hydrogens is 296 g/mol. The molecule has 2 aromatic carbocycles. The minimum absolute atomic E-state index is 0.547. The van der Waals surface area contributed by atoms with Gasteiger partial charge in [-0.3, -0.25) is 0 Å². The van der Waals surface area contributed by atoms with Crippen molar-refractivity contribution < 1.29 is 4.74 Å². The molecule has 0 aliphatic heterocycles. The van der Waals surface area contributed by atoms with Gasteiger partial charge in [-0.05, 0) is 18.2 Å².